The Kier molecular flexibility index (Phi) is 4.91. The number of carboxylic acid groups (broad SMARTS) is 1. The molecule has 1 aliphatic rings. The molecule has 6 nitrogen and oxygen atoms in total. The molecule has 0 bridgehead atoms. The van der Waals surface area contributed by atoms with Crippen LogP contribution in [0, 0.1) is 5.92 Å². The summed E-state index contributed by atoms with van der Waals surface area (Å²) in [5.41, 5.74) is 0. The Bertz CT molecular complexity index is 367. The average molecular weight is 264 g/mol. The average Bonchev–Trinajstić information content (AvgIpc) is 2.65. The fraction of sp³-hybridized carbons (Fsp3) is 0.900. The van der Waals surface area contributed by atoms with Crippen LogP contribution in [0.15, 0.2) is 0 Å². The molecule has 0 aromatic carbocycles. The van der Waals surface area contributed by atoms with Crippen molar-refractivity contribution in [2.24, 2.45) is 5.92 Å². The zero-order chi connectivity index (χ0) is 13.1. The van der Waals surface area contributed by atoms with E-state index in [1.54, 1.807) is 0 Å². The van der Waals surface area contributed by atoms with Gasteiger partial charge in [0.05, 0.1) is 11.7 Å². The normalized spacial score (nSPS) is 22.2. The van der Waals surface area contributed by atoms with Crippen LogP contribution in [-0.4, -0.2) is 55.2 Å². The Balaban J connectivity index is 2.46. The zero-order valence-electron chi connectivity index (χ0n) is 10.2. The minimum atomic E-state index is -3.31. The number of carbonyl (C=O) groups is 1. The molecule has 0 aromatic heterocycles. The molecule has 1 saturated heterocycles. The standard InChI is InChI=1S/C10H20N2O4S/c1-8(2)11-4-6-17(15,16)12-5-3-9(7-12)10(13)14/h8-9,11H,3-7H2,1-2H3,(H,13,14). The highest BCUT2D eigenvalue weighted by Crippen LogP contribution is 2.19. The first-order valence-corrected chi connectivity index (χ1v) is 7.38. The van der Waals surface area contributed by atoms with Crippen LogP contribution in [0.3, 0.4) is 0 Å². The summed E-state index contributed by atoms with van der Waals surface area (Å²) < 4.78 is 25.0. The van der Waals surface area contributed by atoms with Gasteiger partial charge in [-0.05, 0) is 6.42 Å². The number of hydrogen-bond donors (Lipinski definition) is 2. The van der Waals surface area contributed by atoms with Gasteiger partial charge in [0, 0.05) is 25.7 Å². The van der Waals surface area contributed by atoms with Crippen molar-refractivity contribution in [1.29, 1.82) is 0 Å². The summed E-state index contributed by atoms with van der Waals surface area (Å²) >= 11 is 0. The van der Waals surface area contributed by atoms with Gasteiger partial charge in [-0.15, -0.1) is 0 Å². The van der Waals surface area contributed by atoms with Gasteiger partial charge in [-0.3, -0.25) is 4.79 Å². The van der Waals surface area contributed by atoms with Crippen LogP contribution in [0.5, 0.6) is 0 Å². The maximum atomic E-state index is 11.9. The second-order valence-corrected chi connectivity index (χ2v) is 6.70. The van der Waals surface area contributed by atoms with E-state index in [2.05, 4.69) is 5.32 Å². The number of nitrogens with one attached hydrogen (secondary N) is 1. The van der Waals surface area contributed by atoms with E-state index in [1.165, 1.54) is 4.31 Å². The van der Waals surface area contributed by atoms with E-state index in [0.29, 0.717) is 19.5 Å². The predicted molar refractivity (Wildman–Crippen MR) is 64.2 cm³/mol. The van der Waals surface area contributed by atoms with E-state index in [9.17, 15) is 13.2 Å². The van der Waals surface area contributed by atoms with E-state index < -0.39 is 21.9 Å². The van der Waals surface area contributed by atoms with Crippen LogP contribution in [0.25, 0.3) is 0 Å². The van der Waals surface area contributed by atoms with Crippen molar-refractivity contribution in [3.8, 4) is 0 Å². The van der Waals surface area contributed by atoms with E-state index >= 15 is 0 Å². The molecule has 1 unspecified atom stereocenters. The Labute approximate surface area is 102 Å². The zero-order valence-corrected chi connectivity index (χ0v) is 11.0. The van der Waals surface area contributed by atoms with Crippen molar-refractivity contribution >= 4 is 16.0 Å². The van der Waals surface area contributed by atoms with Gasteiger partial charge in [0.1, 0.15) is 0 Å². The van der Waals surface area contributed by atoms with Gasteiger partial charge in [-0.1, -0.05) is 13.8 Å². The van der Waals surface area contributed by atoms with Gasteiger partial charge in [0.15, 0.2) is 0 Å². The molecule has 100 valence electrons. The molecule has 1 aliphatic heterocycles. The van der Waals surface area contributed by atoms with Crippen molar-refractivity contribution in [3.63, 3.8) is 0 Å². The van der Waals surface area contributed by atoms with Crippen LogP contribution in [0.1, 0.15) is 20.3 Å². The first-order valence-electron chi connectivity index (χ1n) is 5.77. The van der Waals surface area contributed by atoms with Crippen molar-refractivity contribution in [1.82, 2.24) is 9.62 Å². The second-order valence-electron chi connectivity index (χ2n) is 4.61. The molecule has 0 spiro atoms. The first kappa shape index (κ1) is 14.4. The molecule has 2 N–H and O–H groups in total. The third kappa shape index (κ3) is 4.25. The molecule has 1 heterocycles. The summed E-state index contributed by atoms with van der Waals surface area (Å²) in [5, 5.41) is 11.8. The Hall–Kier alpha value is -0.660. The minimum absolute atomic E-state index is 0.0253. The SMILES string of the molecule is CC(C)NCCS(=O)(=O)N1CCC(C(=O)O)C1. The number of hydrogen-bond acceptors (Lipinski definition) is 4. The molecule has 0 radical (unpaired) electrons. The molecular weight excluding hydrogens is 244 g/mol. The minimum Gasteiger partial charge on any atom is -0.481 e. The van der Waals surface area contributed by atoms with Gasteiger partial charge in [0.2, 0.25) is 10.0 Å². The third-order valence-electron chi connectivity index (χ3n) is 2.81. The quantitative estimate of drug-likeness (QED) is 0.689. The number of carboxylic acids is 1. The molecule has 0 saturated carbocycles. The van der Waals surface area contributed by atoms with Gasteiger partial charge < -0.3 is 10.4 Å². The number of aliphatic carboxylic acids is 1. The fourth-order valence-corrected chi connectivity index (χ4v) is 3.21. The summed E-state index contributed by atoms with van der Waals surface area (Å²) in [6, 6.07) is 0.246. The van der Waals surface area contributed by atoms with Crippen molar-refractivity contribution in [3.05, 3.63) is 0 Å². The Morgan fingerprint density at radius 1 is 1.53 bits per heavy atom. The topological polar surface area (TPSA) is 86.7 Å². The molecule has 0 aliphatic carbocycles. The van der Waals surface area contributed by atoms with E-state index in [1.807, 2.05) is 13.8 Å². The maximum absolute atomic E-state index is 11.9. The first-order chi connectivity index (χ1) is 7.83. The molecule has 7 heteroatoms. The molecular formula is C10H20N2O4S. The molecule has 1 atom stereocenters. The summed E-state index contributed by atoms with van der Waals surface area (Å²) in [6.07, 6.45) is 0.409. The lowest BCUT2D eigenvalue weighted by molar-refractivity contribution is -0.141. The van der Waals surface area contributed by atoms with E-state index in [-0.39, 0.29) is 18.3 Å². The highest BCUT2D eigenvalue weighted by Gasteiger charge is 2.34. The molecule has 17 heavy (non-hydrogen) atoms. The van der Waals surface area contributed by atoms with Gasteiger partial charge >= 0.3 is 5.97 Å². The monoisotopic (exact) mass is 264 g/mol. The van der Waals surface area contributed by atoms with E-state index in [0.717, 1.165) is 0 Å². The number of nitrogens with zero attached hydrogens (tertiary/aromatic N) is 1. The lowest BCUT2D eigenvalue weighted by Crippen LogP contribution is -2.37. The van der Waals surface area contributed by atoms with Crippen molar-refractivity contribution < 1.29 is 18.3 Å². The van der Waals surface area contributed by atoms with Gasteiger partial charge in [-0.2, -0.15) is 0 Å². The van der Waals surface area contributed by atoms with E-state index in [4.69, 9.17) is 5.11 Å². The summed E-state index contributed by atoms with van der Waals surface area (Å²) in [6.45, 7) is 4.72. The van der Waals surface area contributed by atoms with Gasteiger partial charge in [-0.25, -0.2) is 12.7 Å². The Morgan fingerprint density at radius 3 is 2.65 bits per heavy atom. The van der Waals surface area contributed by atoms with Crippen LogP contribution >= 0.6 is 0 Å². The lowest BCUT2D eigenvalue weighted by atomic mass is 10.1. The molecule has 1 rings (SSSR count). The molecule has 0 aromatic rings. The summed E-state index contributed by atoms with van der Waals surface area (Å²) in [7, 11) is -3.31. The van der Waals surface area contributed by atoms with Crippen molar-refractivity contribution in [2.45, 2.75) is 26.3 Å². The highest BCUT2D eigenvalue weighted by atomic mass is 32.2. The summed E-state index contributed by atoms with van der Waals surface area (Å²) in [5.74, 6) is -1.44. The fourth-order valence-electron chi connectivity index (χ4n) is 1.79. The van der Waals surface area contributed by atoms with Crippen LogP contribution < -0.4 is 5.32 Å². The van der Waals surface area contributed by atoms with Gasteiger partial charge in [0.25, 0.3) is 0 Å². The summed E-state index contributed by atoms with van der Waals surface area (Å²) in [4.78, 5) is 10.7. The molecule has 1 fully saturated rings. The van der Waals surface area contributed by atoms with Crippen molar-refractivity contribution in [2.75, 3.05) is 25.4 Å². The van der Waals surface area contributed by atoms with Crippen LogP contribution in [0.4, 0.5) is 0 Å². The lowest BCUT2D eigenvalue weighted by Gasteiger charge is -2.16. The largest absolute Gasteiger partial charge is 0.481 e. The number of sulfonamides is 1. The van der Waals surface area contributed by atoms with Crippen LogP contribution in [-0.2, 0) is 14.8 Å². The maximum Gasteiger partial charge on any atom is 0.307 e. The molecule has 0 amide bonds. The predicted octanol–water partition coefficient (Wildman–Crippen LogP) is -0.279. The number of rotatable bonds is 6. The smallest absolute Gasteiger partial charge is 0.307 e. The third-order valence-corrected chi connectivity index (χ3v) is 4.64. The second kappa shape index (κ2) is 5.79. The van der Waals surface area contributed by atoms with Crippen LogP contribution in [0.2, 0.25) is 0 Å². The highest BCUT2D eigenvalue weighted by molar-refractivity contribution is 7.89. The Morgan fingerprint density at radius 2 is 2.18 bits per heavy atom.